The van der Waals surface area contributed by atoms with Gasteiger partial charge in [-0.3, -0.25) is 4.79 Å². The summed E-state index contributed by atoms with van der Waals surface area (Å²) in [6.07, 6.45) is -0.192. The Kier molecular flexibility index (Phi) is 12.9. The molecule has 7 nitrogen and oxygen atoms in total. The van der Waals surface area contributed by atoms with Gasteiger partial charge >= 0.3 is 47.6 Å². The maximum atomic E-state index is 12.1. The van der Waals surface area contributed by atoms with E-state index >= 15 is 0 Å². The van der Waals surface area contributed by atoms with Crippen molar-refractivity contribution in [1.29, 1.82) is 0 Å². The molecule has 0 aliphatic heterocycles. The van der Waals surface area contributed by atoms with Crippen molar-refractivity contribution < 1.29 is 59.6 Å². The number of halogens is 1. The summed E-state index contributed by atoms with van der Waals surface area (Å²) >= 11 is 5.77. The third-order valence-corrected chi connectivity index (χ3v) is 4.14. The fourth-order valence-electron chi connectivity index (χ4n) is 2.41. The van der Waals surface area contributed by atoms with Gasteiger partial charge in [0.15, 0.2) is 0 Å². The van der Waals surface area contributed by atoms with Crippen LogP contribution in [0.5, 0.6) is 5.75 Å². The second kappa shape index (κ2) is 14.9. The number of hydrogen-bond acceptors (Lipinski definition) is 6. The number of hydrogen-bond donors (Lipinski definition) is 1. The molecule has 0 spiro atoms. The van der Waals surface area contributed by atoms with Crippen LogP contribution in [0.1, 0.15) is 44.4 Å². The molecule has 2 aromatic carbocycles. The summed E-state index contributed by atoms with van der Waals surface area (Å²) in [5, 5.41) is 3.08. The molecule has 1 N–H and O–H groups in total. The van der Waals surface area contributed by atoms with Crippen molar-refractivity contribution in [2.45, 2.75) is 38.9 Å². The number of carbonyl (C=O) groups excluding carboxylic acids is 3. The number of benzene rings is 2. The van der Waals surface area contributed by atoms with Gasteiger partial charge in [0.1, 0.15) is 5.75 Å². The topological polar surface area (TPSA) is 90.9 Å². The van der Waals surface area contributed by atoms with E-state index in [1.165, 1.54) is 0 Å². The average Bonchev–Trinajstić information content (AvgIpc) is 2.73. The summed E-state index contributed by atoms with van der Waals surface area (Å²) in [6.45, 7) is 2.09. The van der Waals surface area contributed by atoms with Gasteiger partial charge in [0.2, 0.25) is 6.29 Å². The van der Waals surface area contributed by atoms with Crippen LogP contribution >= 0.6 is 11.6 Å². The molecule has 2 aromatic rings. The molecular weight excluding hydrogens is 433 g/mol. The van der Waals surface area contributed by atoms with Crippen molar-refractivity contribution in [2.24, 2.45) is 0 Å². The van der Waals surface area contributed by atoms with Gasteiger partial charge in [0.25, 0.3) is 0 Å². The third kappa shape index (κ3) is 10.7. The first kappa shape index (κ1) is 27.0. The Morgan fingerprint density at radius 2 is 1.71 bits per heavy atom. The second-order valence-corrected chi connectivity index (χ2v) is 6.79. The van der Waals surface area contributed by atoms with E-state index in [1.807, 2.05) is 6.92 Å². The number of alkyl carbamates (subject to hydrolysis) is 1. The molecule has 0 saturated carbocycles. The molecule has 0 aliphatic rings. The van der Waals surface area contributed by atoms with Crippen molar-refractivity contribution in [3.05, 3.63) is 65.2 Å². The Labute approximate surface area is 210 Å². The molecule has 9 heteroatoms. The minimum Gasteiger partial charge on any atom is -1.00 e. The van der Waals surface area contributed by atoms with E-state index in [9.17, 15) is 14.4 Å². The van der Waals surface area contributed by atoms with Crippen LogP contribution in [0.3, 0.4) is 0 Å². The molecule has 0 radical (unpaired) electrons. The van der Waals surface area contributed by atoms with Gasteiger partial charge in [-0.05, 0) is 49.2 Å². The van der Waals surface area contributed by atoms with Gasteiger partial charge in [0.05, 0.1) is 5.56 Å². The zero-order valence-electron chi connectivity index (χ0n) is 18.6. The summed E-state index contributed by atoms with van der Waals surface area (Å²) in [6, 6.07) is 14.9. The number of esters is 2. The van der Waals surface area contributed by atoms with Crippen LogP contribution in [0.2, 0.25) is 5.02 Å². The Bertz CT molecular complexity index is 838. The molecule has 1 atom stereocenters. The summed E-state index contributed by atoms with van der Waals surface area (Å²) in [5.74, 6) is -0.584. The fraction of sp³-hybridized carbons (Fsp3) is 0.318. The van der Waals surface area contributed by atoms with Crippen molar-refractivity contribution in [2.75, 3.05) is 6.54 Å². The largest absolute Gasteiger partial charge is 1.00 e. The summed E-state index contributed by atoms with van der Waals surface area (Å²) in [4.78, 5) is 35.9. The van der Waals surface area contributed by atoms with Crippen LogP contribution in [0.4, 0.5) is 4.79 Å². The molecule has 1 amide bonds. The quantitative estimate of drug-likeness (QED) is 0.192. The summed E-state index contributed by atoms with van der Waals surface area (Å²) in [5.41, 5.74) is 0.377. The first-order valence-corrected chi connectivity index (χ1v) is 10.0. The van der Waals surface area contributed by atoms with Gasteiger partial charge in [0, 0.05) is 24.4 Å². The van der Waals surface area contributed by atoms with E-state index in [-0.39, 0.29) is 43.9 Å². The van der Waals surface area contributed by atoms with Gasteiger partial charge in [-0.25, -0.2) is 9.59 Å². The molecule has 0 fully saturated rings. The van der Waals surface area contributed by atoms with Crippen LogP contribution in [-0.2, 0) is 14.3 Å². The minimum absolute atomic E-state index is 0. The smallest absolute Gasteiger partial charge is 1.00 e. The molecule has 2 rings (SSSR count). The minimum atomic E-state index is -0.988. The van der Waals surface area contributed by atoms with Gasteiger partial charge < -0.3 is 21.0 Å². The SMILES string of the molecule is CCCC(OC(=O)NCCCC(=O)Oc1ccc(Cl)cc1)OC(=O)c1ccccc1.[H-].[Na+]. The normalized spacial score (nSPS) is 10.9. The van der Waals surface area contributed by atoms with Crippen molar-refractivity contribution in [3.63, 3.8) is 0 Å². The van der Waals surface area contributed by atoms with Crippen LogP contribution in [-0.4, -0.2) is 30.9 Å². The Hall–Kier alpha value is -2.06. The number of nitrogens with one attached hydrogen (secondary N) is 1. The van der Waals surface area contributed by atoms with Gasteiger partial charge in [-0.2, -0.15) is 0 Å². The fourth-order valence-corrected chi connectivity index (χ4v) is 2.53. The zero-order valence-corrected chi connectivity index (χ0v) is 20.4. The second-order valence-electron chi connectivity index (χ2n) is 6.35. The average molecular weight is 458 g/mol. The molecule has 0 saturated heterocycles. The Balaban J connectivity index is 0.00000480. The van der Waals surface area contributed by atoms with Crippen molar-refractivity contribution in [1.82, 2.24) is 5.32 Å². The predicted octanol–water partition coefficient (Wildman–Crippen LogP) is 1.85. The summed E-state index contributed by atoms with van der Waals surface area (Å²) < 4.78 is 15.6. The van der Waals surface area contributed by atoms with Crippen molar-refractivity contribution in [3.8, 4) is 5.75 Å². The molecule has 0 aliphatic carbocycles. The van der Waals surface area contributed by atoms with E-state index in [1.54, 1.807) is 54.6 Å². The Morgan fingerprint density at radius 1 is 1.03 bits per heavy atom. The third-order valence-electron chi connectivity index (χ3n) is 3.88. The Morgan fingerprint density at radius 3 is 2.35 bits per heavy atom. The van der Waals surface area contributed by atoms with Crippen LogP contribution in [0.25, 0.3) is 0 Å². The zero-order chi connectivity index (χ0) is 21.8. The van der Waals surface area contributed by atoms with Crippen molar-refractivity contribution >= 4 is 29.6 Å². The number of rotatable bonds is 10. The number of ether oxygens (including phenoxy) is 3. The number of amides is 1. The maximum absolute atomic E-state index is 12.1. The predicted molar refractivity (Wildman–Crippen MR) is 112 cm³/mol. The van der Waals surface area contributed by atoms with E-state index in [2.05, 4.69) is 5.32 Å². The van der Waals surface area contributed by atoms with E-state index < -0.39 is 24.3 Å². The molecular formula is C22H25ClNNaO6. The monoisotopic (exact) mass is 457 g/mol. The standard InChI is InChI=1S/C22H24ClNO6.Na.H/c1-2-7-20(29-21(26)16-8-4-3-5-9-16)30-22(27)24-15-6-10-19(25)28-18-13-11-17(23)12-14-18;;/h3-5,8-9,11-14,20H,2,6-7,10,15H2,1H3,(H,24,27);;/q;+1;-1. The number of carbonyl (C=O) groups is 3. The molecule has 162 valence electrons. The molecule has 31 heavy (non-hydrogen) atoms. The van der Waals surface area contributed by atoms with Crippen LogP contribution in [0.15, 0.2) is 54.6 Å². The van der Waals surface area contributed by atoms with Crippen LogP contribution < -0.4 is 39.6 Å². The molecule has 1 unspecified atom stereocenters. The summed E-state index contributed by atoms with van der Waals surface area (Å²) in [7, 11) is 0. The van der Waals surface area contributed by atoms with Crippen LogP contribution in [0, 0.1) is 0 Å². The molecule has 0 heterocycles. The van der Waals surface area contributed by atoms with E-state index in [4.69, 9.17) is 25.8 Å². The first-order valence-electron chi connectivity index (χ1n) is 9.64. The molecule has 0 bridgehead atoms. The van der Waals surface area contributed by atoms with E-state index in [0.29, 0.717) is 35.6 Å². The van der Waals surface area contributed by atoms with E-state index in [0.717, 1.165) is 0 Å². The maximum Gasteiger partial charge on any atom is 1.00 e. The van der Waals surface area contributed by atoms with Gasteiger partial charge in [-0.15, -0.1) is 0 Å². The first-order chi connectivity index (χ1) is 14.5. The van der Waals surface area contributed by atoms with Gasteiger partial charge in [-0.1, -0.05) is 36.7 Å². The molecule has 0 aromatic heterocycles.